The highest BCUT2D eigenvalue weighted by Gasteiger charge is 2.17. The van der Waals surface area contributed by atoms with Crippen molar-refractivity contribution >= 4 is 6.29 Å². The second-order valence-electron chi connectivity index (χ2n) is 6.16. The lowest BCUT2D eigenvalue weighted by Crippen LogP contribution is -2.05. The van der Waals surface area contributed by atoms with E-state index in [2.05, 4.69) is 20.1 Å². The van der Waals surface area contributed by atoms with Crippen LogP contribution in [0.25, 0.3) is 17.3 Å². The molecule has 0 saturated carbocycles. The van der Waals surface area contributed by atoms with Crippen LogP contribution in [0.5, 0.6) is 11.5 Å². The number of aldehydes is 1. The number of hydrogen-bond acceptors (Lipinski definition) is 6. The number of hydrogen-bond donors (Lipinski definition) is 0. The molecule has 3 heterocycles. The van der Waals surface area contributed by atoms with Crippen molar-refractivity contribution < 1.29 is 9.53 Å². The maximum Gasteiger partial charge on any atom is 0.251 e. The predicted molar refractivity (Wildman–Crippen MR) is 104 cm³/mol. The Morgan fingerprint density at radius 1 is 0.929 bits per heavy atom. The van der Waals surface area contributed by atoms with Crippen molar-refractivity contribution in [1.29, 1.82) is 0 Å². The van der Waals surface area contributed by atoms with Crippen LogP contribution in [0.1, 0.15) is 21.7 Å². The molecule has 0 N–H and O–H groups in total. The molecule has 0 radical (unpaired) electrons. The highest BCUT2D eigenvalue weighted by Crippen LogP contribution is 2.29. The molecule has 4 aromatic rings. The minimum absolute atomic E-state index is 0.440. The summed E-state index contributed by atoms with van der Waals surface area (Å²) in [5.74, 6) is 1.69. The minimum atomic E-state index is 0.440. The van der Waals surface area contributed by atoms with Gasteiger partial charge >= 0.3 is 0 Å². The number of benzene rings is 1. The Morgan fingerprint density at radius 3 is 2.46 bits per heavy atom. The third kappa shape index (κ3) is 3.37. The van der Waals surface area contributed by atoms with Gasteiger partial charge in [-0.15, -0.1) is 0 Å². The number of ether oxygens (including phenoxy) is 1. The van der Waals surface area contributed by atoms with Gasteiger partial charge in [0.25, 0.3) is 5.95 Å². The van der Waals surface area contributed by atoms with E-state index in [9.17, 15) is 4.79 Å². The molecule has 0 atom stereocenters. The maximum atomic E-state index is 10.8. The lowest BCUT2D eigenvalue weighted by molar-refractivity contribution is 0.112. The molecule has 0 aliphatic carbocycles. The Balaban J connectivity index is 1.68. The largest absolute Gasteiger partial charge is 0.453 e. The molecule has 0 aliphatic heterocycles. The Bertz CT molecular complexity index is 1120. The molecular formula is C21H17N5O2. The summed E-state index contributed by atoms with van der Waals surface area (Å²) in [4.78, 5) is 24.1. The van der Waals surface area contributed by atoms with Crippen LogP contribution in [-0.2, 0) is 0 Å². The zero-order valence-corrected chi connectivity index (χ0v) is 15.4. The van der Waals surface area contributed by atoms with E-state index in [-0.39, 0.29) is 0 Å². The van der Waals surface area contributed by atoms with E-state index in [0.29, 0.717) is 34.4 Å². The molecule has 0 unspecified atom stereocenters. The van der Waals surface area contributed by atoms with Crippen molar-refractivity contribution in [2.45, 2.75) is 13.8 Å². The third-order valence-electron chi connectivity index (χ3n) is 4.22. The van der Waals surface area contributed by atoms with E-state index in [0.717, 1.165) is 17.7 Å². The molecular weight excluding hydrogens is 354 g/mol. The number of aryl methyl sites for hydroxylation is 1. The summed E-state index contributed by atoms with van der Waals surface area (Å²) in [5.41, 5.74) is 3.56. The first kappa shape index (κ1) is 17.5. The normalized spacial score (nSPS) is 10.6. The van der Waals surface area contributed by atoms with E-state index in [1.54, 1.807) is 41.3 Å². The fourth-order valence-electron chi connectivity index (χ4n) is 2.81. The SMILES string of the molecule is Cc1nn(-c2nccc(-c3ccccn3)n2)c(C)c1Oc1ccc(C=O)cc1. The van der Waals surface area contributed by atoms with Gasteiger partial charge < -0.3 is 4.74 Å². The molecule has 0 amide bonds. The molecule has 7 heteroatoms. The molecule has 7 nitrogen and oxygen atoms in total. The van der Waals surface area contributed by atoms with Gasteiger partial charge in [-0.1, -0.05) is 6.07 Å². The monoisotopic (exact) mass is 371 g/mol. The van der Waals surface area contributed by atoms with Gasteiger partial charge in [-0.25, -0.2) is 9.97 Å². The molecule has 138 valence electrons. The summed E-state index contributed by atoms with van der Waals surface area (Å²) in [6.45, 7) is 3.76. The Hall–Kier alpha value is -3.87. The van der Waals surface area contributed by atoms with Crippen LogP contribution in [-0.4, -0.2) is 31.0 Å². The predicted octanol–water partition coefficient (Wildman–Crippen LogP) is 3.95. The smallest absolute Gasteiger partial charge is 0.251 e. The Kier molecular flexibility index (Phi) is 4.63. The second-order valence-corrected chi connectivity index (χ2v) is 6.16. The first-order valence-electron chi connectivity index (χ1n) is 8.70. The van der Waals surface area contributed by atoms with E-state index in [4.69, 9.17) is 4.74 Å². The molecule has 0 fully saturated rings. The first-order valence-corrected chi connectivity index (χ1v) is 8.70. The maximum absolute atomic E-state index is 10.8. The number of rotatable bonds is 5. The number of pyridine rings is 1. The van der Waals surface area contributed by atoms with Gasteiger partial charge in [-0.3, -0.25) is 9.78 Å². The molecule has 0 saturated heterocycles. The van der Waals surface area contributed by atoms with Crippen molar-refractivity contribution in [1.82, 2.24) is 24.7 Å². The highest BCUT2D eigenvalue weighted by atomic mass is 16.5. The van der Waals surface area contributed by atoms with Crippen molar-refractivity contribution in [3.8, 4) is 28.8 Å². The molecule has 4 rings (SSSR count). The quantitative estimate of drug-likeness (QED) is 0.494. The number of carbonyl (C=O) groups excluding carboxylic acids is 1. The number of nitrogens with zero attached hydrogens (tertiary/aromatic N) is 5. The Morgan fingerprint density at radius 2 is 1.75 bits per heavy atom. The molecule has 0 bridgehead atoms. The van der Waals surface area contributed by atoms with Gasteiger partial charge in [-0.05, 0) is 56.3 Å². The summed E-state index contributed by atoms with van der Waals surface area (Å²) in [6, 6.07) is 14.4. The summed E-state index contributed by atoms with van der Waals surface area (Å²) in [6.07, 6.45) is 4.20. The van der Waals surface area contributed by atoms with Crippen LogP contribution in [0.4, 0.5) is 0 Å². The molecule has 3 aromatic heterocycles. The zero-order valence-electron chi connectivity index (χ0n) is 15.4. The van der Waals surface area contributed by atoms with Crippen molar-refractivity contribution in [2.24, 2.45) is 0 Å². The minimum Gasteiger partial charge on any atom is -0.453 e. The average Bonchev–Trinajstić information content (AvgIpc) is 3.03. The van der Waals surface area contributed by atoms with Crippen LogP contribution in [0.15, 0.2) is 60.9 Å². The highest BCUT2D eigenvalue weighted by molar-refractivity contribution is 5.74. The number of aromatic nitrogens is 5. The summed E-state index contributed by atoms with van der Waals surface area (Å²) in [5, 5.41) is 4.54. The topological polar surface area (TPSA) is 82.8 Å². The fraction of sp³-hybridized carbons (Fsp3) is 0.0952. The molecule has 28 heavy (non-hydrogen) atoms. The van der Waals surface area contributed by atoms with Gasteiger partial charge in [-0.2, -0.15) is 9.78 Å². The van der Waals surface area contributed by atoms with Gasteiger partial charge in [0.05, 0.1) is 17.1 Å². The van der Waals surface area contributed by atoms with Crippen LogP contribution >= 0.6 is 0 Å². The summed E-state index contributed by atoms with van der Waals surface area (Å²) < 4.78 is 7.64. The van der Waals surface area contributed by atoms with Crippen LogP contribution < -0.4 is 4.74 Å². The van der Waals surface area contributed by atoms with Gasteiger partial charge in [0, 0.05) is 18.0 Å². The zero-order chi connectivity index (χ0) is 19.5. The summed E-state index contributed by atoms with van der Waals surface area (Å²) in [7, 11) is 0. The van der Waals surface area contributed by atoms with E-state index >= 15 is 0 Å². The molecule has 0 aliphatic rings. The lowest BCUT2D eigenvalue weighted by Gasteiger charge is -2.07. The molecule has 1 aromatic carbocycles. The van der Waals surface area contributed by atoms with E-state index in [1.165, 1.54) is 0 Å². The Labute approximate surface area is 161 Å². The second kappa shape index (κ2) is 7.40. The van der Waals surface area contributed by atoms with Crippen molar-refractivity contribution in [3.05, 3.63) is 77.9 Å². The molecule has 0 spiro atoms. The van der Waals surface area contributed by atoms with Gasteiger partial charge in [0.15, 0.2) is 5.75 Å². The van der Waals surface area contributed by atoms with Crippen LogP contribution in [0.3, 0.4) is 0 Å². The van der Waals surface area contributed by atoms with Crippen LogP contribution in [0.2, 0.25) is 0 Å². The third-order valence-corrected chi connectivity index (χ3v) is 4.22. The van der Waals surface area contributed by atoms with Gasteiger partial charge in [0.2, 0.25) is 0 Å². The average molecular weight is 371 g/mol. The van der Waals surface area contributed by atoms with E-state index in [1.807, 2.05) is 38.1 Å². The van der Waals surface area contributed by atoms with Crippen molar-refractivity contribution in [2.75, 3.05) is 0 Å². The van der Waals surface area contributed by atoms with Gasteiger partial charge in [0.1, 0.15) is 17.7 Å². The van der Waals surface area contributed by atoms with Crippen LogP contribution in [0, 0.1) is 13.8 Å². The van der Waals surface area contributed by atoms with Crippen molar-refractivity contribution in [3.63, 3.8) is 0 Å². The summed E-state index contributed by atoms with van der Waals surface area (Å²) >= 11 is 0. The fourth-order valence-corrected chi connectivity index (χ4v) is 2.81. The first-order chi connectivity index (χ1) is 13.7. The van der Waals surface area contributed by atoms with E-state index < -0.39 is 0 Å². The number of carbonyl (C=O) groups is 1. The standard InChI is InChI=1S/C21H17N5O2/c1-14-20(28-17-8-6-16(13-27)7-9-17)15(2)26(25-14)21-23-12-10-19(24-21)18-5-3-4-11-22-18/h3-13H,1-2H3. The lowest BCUT2D eigenvalue weighted by atomic mass is 10.2.